The lowest BCUT2D eigenvalue weighted by Crippen LogP contribution is -2.33. The molecule has 0 heterocycles. The van der Waals surface area contributed by atoms with Crippen LogP contribution in [0.4, 0.5) is 0 Å². The fourth-order valence-electron chi connectivity index (χ4n) is 1.64. The Morgan fingerprint density at radius 2 is 2.23 bits per heavy atom. The molecule has 1 saturated carbocycles. The summed E-state index contributed by atoms with van der Waals surface area (Å²) in [6.07, 6.45) is 6.83. The molecule has 1 unspecified atom stereocenters. The third-order valence-corrected chi connectivity index (χ3v) is 2.67. The quantitative estimate of drug-likeness (QED) is 0.626. The topological polar surface area (TPSA) is 21.3 Å². The molecule has 0 spiro atoms. The van der Waals surface area contributed by atoms with E-state index in [0.717, 1.165) is 19.1 Å². The van der Waals surface area contributed by atoms with Gasteiger partial charge in [-0.25, -0.2) is 0 Å². The smallest absolute Gasteiger partial charge is 0.0615 e. The van der Waals surface area contributed by atoms with Gasteiger partial charge in [-0.05, 0) is 31.7 Å². The normalized spacial score (nSPS) is 18.9. The zero-order valence-corrected chi connectivity index (χ0v) is 9.01. The Hall–Kier alpha value is -0.0800. The van der Waals surface area contributed by atoms with Crippen LogP contribution in [-0.4, -0.2) is 26.3 Å². The third-order valence-electron chi connectivity index (χ3n) is 2.67. The minimum atomic E-state index is 0.588. The summed E-state index contributed by atoms with van der Waals surface area (Å²) in [7, 11) is 1.79. The molecule has 1 fully saturated rings. The highest BCUT2D eigenvalue weighted by molar-refractivity contribution is 4.76. The molecule has 2 heteroatoms. The van der Waals surface area contributed by atoms with Gasteiger partial charge >= 0.3 is 0 Å². The number of ether oxygens (including phenoxy) is 1. The second-order valence-electron chi connectivity index (χ2n) is 4.13. The van der Waals surface area contributed by atoms with Gasteiger partial charge in [0.2, 0.25) is 0 Å². The average molecular weight is 185 g/mol. The van der Waals surface area contributed by atoms with Crippen LogP contribution in [0.5, 0.6) is 0 Å². The molecule has 13 heavy (non-hydrogen) atoms. The van der Waals surface area contributed by atoms with Crippen LogP contribution < -0.4 is 5.32 Å². The van der Waals surface area contributed by atoms with Gasteiger partial charge in [0, 0.05) is 13.2 Å². The van der Waals surface area contributed by atoms with Crippen LogP contribution in [0.1, 0.15) is 39.0 Å². The van der Waals surface area contributed by atoms with Crippen molar-refractivity contribution in [3.8, 4) is 0 Å². The second kappa shape index (κ2) is 6.39. The van der Waals surface area contributed by atoms with Crippen LogP contribution in [0.2, 0.25) is 0 Å². The van der Waals surface area contributed by atoms with Crippen molar-refractivity contribution in [3.63, 3.8) is 0 Å². The van der Waals surface area contributed by atoms with Crippen LogP contribution in [0.25, 0.3) is 0 Å². The minimum Gasteiger partial charge on any atom is -0.383 e. The first kappa shape index (κ1) is 11.0. The van der Waals surface area contributed by atoms with Crippen molar-refractivity contribution in [3.05, 3.63) is 0 Å². The maximum atomic E-state index is 5.19. The molecule has 1 N–H and O–H groups in total. The molecule has 2 nitrogen and oxygen atoms in total. The summed E-state index contributed by atoms with van der Waals surface area (Å²) in [5.41, 5.74) is 0. The molecule has 1 atom stereocenters. The number of methoxy groups -OCH3 is 1. The maximum absolute atomic E-state index is 5.19. The van der Waals surface area contributed by atoms with Crippen LogP contribution in [0.3, 0.4) is 0 Å². The second-order valence-corrected chi connectivity index (χ2v) is 4.13. The maximum Gasteiger partial charge on any atom is 0.0615 e. The van der Waals surface area contributed by atoms with Crippen LogP contribution >= 0.6 is 0 Å². The first-order valence-electron chi connectivity index (χ1n) is 5.59. The zero-order chi connectivity index (χ0) is 9.52. The summed E-state index contributed by atoms with van der Waals surface area (Å²) in [4.78, 5) is 0. The SMILES string of the molecule is CCCNC(CCC1CC1)COC. The molecule has 0 saturated heterocycles. The molecule has 0 bridgehead atoms. The lowest BCUT2D eigenvalue weighted by atomic mass is 10.1. The van der Waals surface area contributed by atoms with E-state index in [-0.39, 0.29) is 0 Å². The lowest BCUT2D eigenvalue weighted by molar-refractivity contribution is 0.161. The third kappa shape index (κ3) is 5.27. The summed E-state index contributed by atoms with van der Waals surface area (Å²) < 4.78 is 5.19. The van der Waals surface area contributed by atoms with E-state index in [2.05, 4.69) is 12.2 Å². The van der Waals surface area contributed by atoms with E-state index in [1.54, 1.807) is 7.11 Å². The minimum absolute atomic E-state index is 0.588. The summed E-state index contributed by atoms with van der Waals surface area (Å²) in [6.45, 7) is 4.20. The average Bonchev–Trinajstić information content (AvgIpc) is 2.93. The Balaban J connectivity index is 2.03. The van der Waals surface area contributed by atoms with Crippen LogP contribution in [-0.2, 0) is 4.74 Å². The standard InChI is InChI=1S/C11H23NO/c1-3-8-12-11(9-13-2)7-6-10-4-5-10/h10-12H,3-9H2,1-2H3. The van der Waals surface area contributed by atoms with Crippen molar-refractivity contribution >= 4 is 0 Å². The lowest BCUT2D eigenvalue weighted by Gasteiger charge is -2.17. The van der Waals surface area contributed by atoms with Gasteiger partial charge in [-0.3, -0.25) is 0 Å². The molecule has 78 valence electrons. The van der Waals surface area contributed by atoms with E-state index >= 15 is 0 Å². The van der Waals surface area contributed by atoms with E-state index in [1.807, 2.05) is 0 Å². The number of hydrogen-bond acceptors (Lipinski definition) is 2. The summed E-state index contributed by atoms with van der Waals surface area (Å²) >= 11 is 0. The van der Waals surface area contributed by atoms with Crippen LogP contribution in [0, 0.1) is 5.92 Å². The van der Waals surface area contributed by atoms with Gasteiger partial charge in [-0.1, -0.05) is 19.8 Å². The molecule has 0 aliphatic heterocycles. The van der Waals surface area contributed by atoms with Gasteiger partial charge in [0.05, 0.1) is 6.61 Å². The molecule has 1 aliphatic carbocycles. The van der Waals surface area contributed by atoms with Crippen molar-refractivity contribution in [2.45, 2.75) is 45.1 Å². The summed E-state index contributed by atoms with van der Waals surface area (Å²) in [5, 5.41) is 3.53. The first-order chi connectivity index (χ1) is 6.36. The molecular formula is C11H23NO. The number of nitrogens with one attached hydrogen (secondary N) is 1. The van der Waals surface area contributed by atoms with Gasteiger partial charge in [0.1, 0.15) is 0 Å². The highest BCUT2D eigenvalue weighted by Gasteiger charge is 2.22. The monoisotopic (exact) mass is 185 g/mol. The largest absolute Gasteiger partial charge is 0.383 e. The fraction of sp³-hybridized carbons (Fsp3) is 1.00. The molecule has 1 aliphatic rings. The Kier molecular flexibility index (Phi) is 5.40. The predicted octanol–water partition coefficient (Wildman–Crippen LogP) is 2.19. The Labute approximate surface area is 82.0 Å². The van der Waals surface area contributed by atoms with Crippen molar-refractivity contribution in [1.82, 2.24) is 5.32 Å². The van der Waals surface area contributed by atoms with Crippen molar-refractivity contribution in [1.29, 1.82) is 0 Å². The van der Waals surface area contributed by atoms with Gasteiger partial charge in [-0.15, -0.1) is 0 Å². The molecule has 0 aromatic rings. The Bertz CT molecular complexity index is 123. The van der Waals surface area contributed by atoms with Crippen molar-refractivity contribution < 1.29 is 4.74 Å². The summed E-state index contributed by atoms with van der Waals surface area (Å²) in [6, 6.07) is 0.588. The van der Waals surface area contributed by atoms with Crippen molar-refractivity contribution in [2.24, 2.45) is 5.92 Å². The molecule has 0 amide bonds. The Morgan fingerprint density at radius 3 is 2.77 bits per heavy atom. The van der Waals surface area contributed by atoms with Crippen LogP contribution in [0.15, 0.2) is 0 Å². The highest BCUT2D eigenvalue weighted by atomic mass is 16.5. The van der Waals surface area contributed by atoms with Gasteiger partial charge < -0.3 is 10.1 Å². The van der Waals surface area contributed by atoms with Gasteiger partial charge in [0.25, 0.3) is 0 Å². The number of hydrogen-bond donors (Lipinski definition) is 1. The molecule has 0 radical (unpaired) electrons. The molecule has 0 aromatic heterocycles. The fourth-order valence-corrected chi connectivity index (χ4v) is 1.64. The van der Waals surface area contributed by atoms with E-state index in [4.69, 9.17) is 4.74 Å². The van der Waals surface area contributed by atoms with E-state index in [0.29, 0.717) is 6.04 Å². The number of rotatable bonds is 8. The van der Waals surface area contributed by atoms with E-state index in [1.165, 1.54) is 32.1 Å². The van der Waals surface area contributed by atoms with Gasteiger partial charge in [0.15, 0.2) is 0 Å². The zero-order valence-electron chi connectivity index (χ0n) is 9.01. The highest BCUT2D eigenvalue weighted by Crippen LogP contribution is 2.33. The molecule has 0 aromatic carbocycles. The van der Waals surface area contributed by atoms with Crippen molar-refractivity contribution in [2.75, 3.05) is 20.3 Å². The predicted molar refractivity (Wildman–Crippen MR) is 55.9 cm³/mol. The summed E-state index contributed by atoms with van der Waals surface area (Å²) in [5.74, 6) is 1.04. The molecule has 1 rings (SSSR count). The van der Waals surface area contributed by atoms with E-state index < -0.39 is 0 Å². The van der Waals surface area contributed by atoms with E-state index in [9.17, 15) is 0 Å². The first-order valence-corrected chi connectivity index (χ1v) is 5.59. The molecular weight excluding hydrogens is 162 g/mol. The Morgan fingerprint density at radius 1 is 1.46 bits per heavy atom. The van der Waals surface area contributed by atoms with Gasteiger partial charge in [-0.2, -0.15) is 0 Å².